The van der Waals surface area contributed by atoms with Crippen LogP contribution < -0.4 is 5.32 Å². The van der Waals surface area contributed by atoms with Crippen molar-refractivity contribution in [3.05, 3.63) is 0 Å². The highest BCUT2D eigenvalue weighted by Gasteiger charge is 2.24. The van der Waals surface area contributed by atoms with Gasteiger partial charge in [0.15, 0.2) is 0 Å². The van der Waals surface area contributed by atoms with Crippen LogP contribution in [0.4, 0.5) is 0 Å². The first-order chi connectivity index (χ1) is 7.13. The molecule has 90 valence electrons. The summed E-state index contributed by atoms with van der Waals surface area (Å²) >= 11 is 0. The Morgan fingerprint density at radius 1 is 1.53 bits per heavy atom. The van der Waals surface area contributed by atoms with E-state index in [9.17, 15) is 5.11 Å². The fourth-order valence-corrected chi connectivity index (χ4v) is 1.89. The molecule has 4 heteroatoms. The Balaban J connectivity index is 2.28. The van der Waals surface area contributed by atoms with E-state index in [1.54, 1.807) is 0 Å². The molecule has 1 saturated heterocycles. The van der Waals surface area contributed by atoms with Gasteiger partial charge in [0.2, 0.25) is 0 Å². The van der Waals surface area contributed by atoms with Gasteiger partial charge < -0.3 is 15.2 Å². The van der Waals surface area contributed by atoms with Gasteiger partial charge in [0, 0.05) is 31.7 Å². The fourth-order valence-electron chi connectivity index (χ4n) is 1.89. The summed E-state index contributed by atoms with van der Waals surface area (Å²) in [5, 5.41) is 12.6. The Morgan fingerprint density at radius 3 is 2.87 bits per heavy atom. The highest BCUT2D eigenvalue weighted by atomic mass is 16.5. The molecule has 0 saturated carbocycles. The van der Waals surface area contributed by atoms with E-state index in [1.165, 1.54) is 0 Å². The molecule has 15 heavy (non-hydrogen) atoms. The summed E-state index contributed by atoms with van der Waals surface area (Å²) in [6.45, 7) is 10.0. The van der Waals surface area contributed by atoms with Gasteiger partial charge in [-0.05, 0) is 20.8 Å². The van der Waals surface area contributed by atoms with Gasteiger partial charge in [0.25, 0.3) is 0 Å². The van der Waals surface area contributed by atoms with Gasteiger partial charge in [-0.3, -0.25) is 4.90 Å². The number of piperazine rings is 1. The minimum atomic E-state index is 0.224. The molecule has 0 aromatic carbocycles. The zero-order valence-electron chi connectivity index (χ0n) is 10.1. The lowest BCUT2D eigenvalue weighted by Crippen LogP contribution is -2.57. The Labute approximate surface area is 92.6 Å². The number of rotatable bonds is 5. The van der Waals surface area contributed by atoms with Gasteiger partial charge in [-0.1, -0.05) is 0 Å². The minimum absolute atomic E-state index is 0.224. The molecule has 0 radical (unpaired) electrons. The van der Waals surface area contributed by atoms with Crippen molar-refractivity contribution in [2.45, 2.75) is 39.0 Å². The van der Waals surface area contributed by atoms with Gasteiger partial charge >= 0.3 is 0 Å². The third kappa shape index (κ3) is 4.47. The second kappa shape index (κ2) is 6.43. The molecule has 1 rings (SSSR count). The average molecular weight is 216 g/mol. The van der Waals surface area contributed by atoms with E-state index in [2.05, 4.69) is 17.1 Å². The normalized spacial score (nSPS) is 28.6. The monoisotopic (exact) mass is 216 g/mol. The van der Waals surface area contributed by atoms with Crippen LogP contribution in [-0.2, 0) is 4.74 Å². The summed E-state index contributed by atoms with van der Waals surface area (Å²) in [5.41, 5.74) is 0. The van der Waals surface area contributed by atoms with Crippen LogP contribution in [0.5, 0.6) is 0 Å². The van der Waals surface area contributed by atoms with Crippen molar-refractivity contribution >= 4 is 0 Å². The van der Waals surface area contributed by atoms with Crippen molar-refractivity contribution in [3.8, 4) is 0 Å². The third-order valence-corrected chi connectivity index (χ3v) is 2.77. The van der Waals surface area contributed by atoms with Crippen LogP contribution in [0.1, 0.15) is 20.8 Å². The lowest BCUT2D eigenvalue weighted by molar-refractivity contribution is 0.0249. The van der Waals surface area contributed by atoms with Gasteiger partial charge in [-0.25, -0.2) is 0 Å². The maximum atomic E-state index is 9.23. The summed E-state index contributed by atoms with van der Waals surface area (Å²) in [6.07, 6.45) is 0.290. The summed E-state index contributed by atoms with van der Waals surface area (Å²) in [6, 6.07) is 0.754. The number of hydrogen-bond acceptors (Lipinski definition) is 4. The second-order valence-corrected chi connectivity index (χ2v) is 4.56. The topological polar surface area (TPSA) is 44.7 Å². The fraction of sp³-hybridized carbons (Fsp3) is 1.00. The Hall–Kier alpha value is -0.160. The molecule has 2 atom stereocenters. The lowest BCUT2D eigenvalue weighted by atomic mass is 10.1. The van der Waals surface area contributed by atoms with Crippen LogP contribution >= 0.6 is 0 Å². The van der Waals surface area contributed by atoms with Crippen molar-refractivity contribution in [2.75, 3.05) is 32.8 Å². The van der Waals surface area contributed by atoms with Crippen molar-refractivity contribution in [3.63, 3.8) is 0 Å². The summed E-state index contributed by atoms with van der Waals surface area (Å²) < 4.78 is 5.53. The first kappa shape index (κ1) is 12.9. The van der Waals surface area contributed by atoms with Gasteiger partial charge in [0.05, 0.1) is 19.3 Å². The number of ether oxygens (including phenoxy) is 1. The standard InChI is InChI=1S/C11H24N2O2/c1-9(2)15-5-4-13-7-10(3)12-6-11(13)8-14/h9-12,14H,4-8H2,1-3H3. The van der Waals surface area contributed by atoms with Crippen LogP contribution in [0.2, 0.25) is 0 Å². The molecule has 1 fully saturated rings. The zero-order chi connectivity index (χ0) is 11.3. The van der Waals surface area contributed by atoms with Gasteiger partial charge in [0.1, 0.15) is 0 Å². The molecule has 0 aromatic rings. The van der Waals surface area contributed by atoms with Crippen molar-refractivity contribution in [1.82, 2.24) is 10.2 Å². The van der Waals surface area contributed by atoms with Crippen molar-refractivity contribution in [1.29, 1.82) is 0 Å². The Kier molecular flexibility index (Phi) is 5.53. The SMILES string of the molecule is CC1CN(CCOC(C)C)C(CO)CN1. The third-order valence-electron chi connectivity index (χ3n) is 2.77. The van der Waals surface area contributed by atoms with E-state index in [1.807, 2.05) is 13.8 Å². The molecule has 0 amide bonds. The van der Waals surface area contributed by atoms with Crippen molar-refractivity contribution < 1.29 is 9.84 Å². The second-order valence-electron chi connectivity index (χ2n) is 4.56. The molecular formula is C11H24N2O2. The predicted molar refractivity (Wildman–Crippen MR) is 61.0 cm³/mol. The van der Waals surface area contributed by atoms with Crippen molar-refractivity contribution in [2.24, 2.45) is 0 Å². The quantitative estimate of drug-likeness (QED) is 0.682. The summed E-state index contributed by atoms with van der Waals surface area (Å²) in [7, 11) is 0. The van der Waals surface area contributed by atoms with E-state index in [4.69, 9.17) is 4.74 Å². The molecular weight excluding hydrogens is 192 g/mol. The molecule has 1 heterocycles. The molecule has 0 spiro atoms. The highest BCUT2D eigenvalue weighted by molar-refractivity contribution is 4.83. The van der Waals surface area contributed by atoms with Gasteiger partial charge in [-0.15, -0.1) is 0 Å². The van der Waals surface area contributed by atoms with Crippen LogP contribution in [0.25, 0.3) is 0 Å². The Morgan fingerprint density at radius 2 is 2.27 bits per heavy atom. The minimum Gasteiger partial charge on any atom is -0.395 e. The van der Waals surface area contributed by atoms with E-state index >= 15 is 0 Å². The molecule has 4 nitrogen and oxygen atoms in total. The lowest BCUT2D eigenvalue weighted by Gasteiger charge is -2.38. The maximum absolute atomic E-state index is 9.23. The van der Waals surface area contributed by atoms with Crippen LogP contribution in [-0.4, -0.2) is 61.0 Å². The maximum Gasteiger partial charge on any atom is 0.0599 e. The van der Waals surface area contributed by atoms with Crippen LogP contribution in [0.15, 0.2) is 0 Å². The number of aliphatic hydroxyl groups excluding tert-OH is 1. The Bertz CT molecular complexity index is 176. The summed E-state index contributed by atoms with van der Waals surface area (Å²) in [4.78, 5) is 2.31. The number of nitrogens with zero attached hydrogens (tertiary/aromatic N) is 1. The van der Waals surface area contributed by atoms with Crippen LogP contribution in [0.3, 0.4) is 0 Å². The first-order valence-corrected chi connectivity index (χ1v) is 5.83. The summed E-state index contributed by atoms with van der Waals surface area (Å²) in [5.74, 6) is 0. The molecule has 0 aromatic heterocycles. The smallest absolute Gasteiger partial charge is 0.0599 e. The molecule has 0 aliphatic carbocycles. The van der Waals surface area contributed by atoms with E-state index in [0.29, 0.717) is 6.04 Å². The largest absolute Gasteiger partial charge is 0.395 e. The highest BCUT2D eigenvalue weighted by Crippen LogP contribution is 2.06. The molecule has 2 N–H and O–H groups in total. The first-order valence-electron chi connectivity index (χ1n) is 5.83. The van der Waals surface area contributed by atoms with Crippen LogP contribution in [0, 0.1) is 0 Å². The van der Waals surface area contributed by atoms with E-state index in [0.717, 1.165) is 26.2 Å². The zero-order valence-corrected chi connectivity index (χ0v) is 10.1. The number of hydrogen-bond donors (Lipinski definition) is 2. The molecule has 0 bridgehead atoms. The van der Waals surface area contributed by atoms with E-state index < -0.39 is 0 Å². The predicted octanol–water partition coefficient (Wildman–Crippen LogP) is 0.0660. The number of nitrogens with one attached hydrogen (secondary N) is 1. The van der Waals surface area contributed by atoms with Gasteiger partial charge in [-0.2, -0.15) is 0 Å². The van der Waals surface area contributed by atoms with E-state index in [-0.39, 0.29) is 18.8 Å². The molecule has 2 unspecified atom stereocenters. The molecule has 1 aliphatic heterocycles. The number of aliphatic hydroxyl groups is 1. The average Bonchev–Trinajstić information content (AvgIpc) is 2.17. The molecule has 1 aliphatic rings.